The van der Waals surface area contributed by atoms with Crippen LogP contribution in [0.5, 0.6) is 0 Å². The molecule has 6 heteroatoms. The Kier molecular flexibility index (Phi) is 3.26. The minimum atomic E-state index is -0.213. The van der Waals surface area contributed by atoms with Crippen LogP contribution in [0.4, 0.5) is 5.69 Å². The molecule has 1 aromatic carbocycles. The molecular formula is C11H12N2O3S. The van der Waals surface area contributed by atoms with Crippen molar-refractivity contribution in [2.24, 2.45) is 7.05 Å². The van der Waals surface area contributed by atoms with Gasteiger partial charge in [0.15, 0.2) is 0 Å². The highest BCUT2D eigenvalue weighted by atomic mass is 32.1. The van der Waals surface area contributed by atoms with E-state index in [9.17, 15) is 9.59 Å². The van der Waals surface area contributed by atoms with E-state index in [-0.39, 0.29) is 17.4 Å². The third-order valence-electron chi connectivity index (χ3n) is 2.35. The second kappa shape index (κ2) is 4.68. The predicted molar refractivity (Wildman–Crippen MR) is 67.6 cm³/mol. The lowest BCUT2D eigenvalue weighted by Gasteiger charge is -2.04. The largest absolute Gasteiger partial charge is 0.375 e. The summed E-state index contributed by atoms with van der Waals surface area (Å²) in [5.74, 6) is -0.213. The molecule has 0 aliphatic rings. The minimum Gasteiger partial charge on any atom is -0.375 e. The van der Waals surface area contributed by atoms with Crippen LogP contribution in [0.3, 0.4) is 0 Å². The van der Waals surface area contributed by atoms with Gasteiger partial charge in [-0.05, 0) is 18.2 Å². The highest BCUT2D eigenvalue weighted by molar-refractivity contribution is 7.16. The van der Waals surface area contributed by atoms with E-state index in [1.165, 1.54) is 7.11 Å². The molecule has 0 aliphatic carbocycles. The van der Waals surface area contributed by atoms with Crippen LogP contribution in [-0.4, -0.2) is 24.2 Å². The number of amides is 1. The SMILES string of the molecule is COCC(=O)Nc1ccc2c(c1)sc(=O)n2C. The smallest absolute Gasteiger partial charge is 0.307 e. The summed E-state index contributed by atoms with van der Waals surface area (Å²) >= 11 is 1.16. The Labute approximate surface area is 102 Å². The van der Waals surface area contributed by atoms with Crippen LogP contribution >= 0.6 is 11.3 Å². The van der Waals surface area contributed by atoms with Gasteiger partial charge in [-0.15, -0.1) is 0 Å². The van der Waals surface area contributed by atoms with Crippen molar-refractivity contribution < 1.29 is 9.53 Å². The van der Waals surface area contributed by atoms with Crippen LogP contribution in [-0.2, 0) is 16.6 Å². The van der Waals surface area contributed by atoms with Gasteiger partial charge in [-0.1, -0.05) is 11.3 Å². The Morgan fingerprint density at radius 2 is 2.29 bits per heavy atom. The molecule has 0 bridgehead atoms. The average Bonchev–Trinajstić information content (AvgIpc) is 2.55. The number of hydrogen-bond acceptors (Lipinski definition) is 4. The van der Waals surface area contributed by atoms with Gasteiger partial charge in [0.2, 0.25) is 5.91 Å². The van der Waals surface area contributed by atoms with E-state index in [4.69, 9.17) is 4.74 Å². The predicted octanol–water partition coefficient (Wildman–Crippen LogP) is 1.18. The Morgan fingerprint density at radius 3 is 3.00 bits per heavy atom. The van der Waals surface area contributed by atoms with Crippen LogP contribution < -0.4 is 10.2 Å². The molecule has 5 nitrogen and oxygen atoms in total. The fourth-order valence-electron chi connectivity index (χ4n) is 1.54. The summed E-state index contributed by atoms with van der Waals surface area (Å²) in [5.41, 5.74) is 1.53. The maximum Gasteiger partial charge on any atom is 0.307 e. The Morgan fingerprint density at radius 1 is 1.53 bits per heavy atom. The molecule has 1 amide bonds. The first-order valence-corrected chi connectivity index (χ1v) is 5.82. The minimum absolute atomic E-state index is 0.0135. The van der Waals surface area contributed by atoms with Gasteiger partial charge in [-0.2, -0.15) is 0 Å². The first-order valence-electron chi connectivity index (χ1n) is 5.00. The summed E-state index contributed by atoms with van der Waals surface area (Å²) in [6.45, 7) is 0.0169. The van der Waals surface area contributed by atoms with E-state index < -0.39 is 0 Å². The quantitative estimate of drug-likeness (QED) is 0.892. The molecule has 0 radical (unpaired) electrons. The number of aromatic nitrogens is 1. The lowest BCUT2D eigenvalue weighted by molar-refractivity contribution is -0.119. The van der Waals surface area contributed by atoms with Crippen molar-refractivity contribution in [1.82, 2.24) is 4.57 Å². The standard InChI is InChI=1S/C11H12N2O3S/c1-13-8-4-3-7(12-10(14)6-16-2)5-9(8)17-11(13)15/h3-5H,6H2,1-2H3,(H,12,14). The lowest BCUT2D eigenvalue weighted by Crippen LogP contribution is -2.16. The summed E-state index contributed by atoms with van der Waals surface area (Å²) in [6.07, 6.45) is 0. The van der Waals surface area contributed by atoms with E-state index in [1.807, 2.05) is 6.07 Å². The number of anilines is 1. The van der Waals surface area contributed by atoms with Gasteiger partial charge in [0.05, 0.1) is 10.2 Å². The molecule has 1 N–H and O–H groups in total. The van der Waals surface area contributed by atoms with Crippen molar-refractivity contribution in [2.45, 2.75) is 0 Å². The van der Waals surface area contributed by atoms with E-state index >= 15 is 0 Å². The summed E-state index contributed by atoms with van der Waals surface area (Å²) in [5, 5.41) is 2.70. The van der Waals surface area contributed by atoms with Crippen LogP contribution in [0, 0.1) is 0 Å². The zero-order valence-electron chi connectivity index (χ0n) is 9.52. The number of carbonyl (C=O) groups is 1. The molecule has 1 aromatic heterocycles. The molecule has 2 aromatic rings. The number of hydrogen-bond donors (Lipinski definition) is 1. The van der Waals surface area contributed by atoms with Crippen molar-refractivity contribution in [3.8, 4) is 0 Å². The Balaban J connectivity index is 2.32. The Bertz CT molecular complexity index is 615. The van der Waals surface area contributed by atoms with Crippen molar-refractivity contribution in [3.63, 3.8) is 0 Å². The number of thiazole rings is 1. The zero-order valence-corrected chi connectivity index (χ0v) is 10.3. The highest BCUT2D eigenvalue weighted by Crippen LogP contribution is 2.20. The number of benzene rings is 1. The van der Waals surface area contributed by atoms with Crippen LogP contribution in [0.2, 0.25) is 0 Å². The highest BCUT2D eigenvalue weighted by Gasteiger charge is 2.06. The van der Waals surface area contributed by atoms with E-state index in [1.54, 1.807) is 23.7 Å². The molecule has 0 spiro atoms. The first-order chi connectivity index (χ1) is 8.11. The fraction of sp³-hybridized carbons (Fsp3) is 0.273. The molecular weight excluding hydrogens is 240 g/mol. The number of rotatable bonds is 3. The second-order valence-corrected chi connectivity index (χ2v) is 4.58. The number of ether oxygens (including phenoxy) is 1. The molecule has 0 saturated heterocycles. The van der Waals surface area contributed by atoms with Crippen molar-refractivity contribution in [1.29, 1.82) is 0 Å². The summed E-state index contributed by atoms with van der Waals surface area (Å²) in [6, 6.07) is 5.37. The van der Waals surface area contributed by atoms with Crippen LogP contribution in [0.25, 0.3) is 10.2 Å². The van der Waals surface area contributed by atoms with Gasteiger partial charge < -0.3 is 14.6 Å². The molecule has 17 heavy (non-hydrogen) atoms. The maximum absolute atomic E-state index is 11.4. The van der Waals surface area contributed by atoms with E-state index in [0.717, 1.165) is 21.6 Å². The number of nitrogens with zero attached hydrogens (tertiary/aromatic N) is 1. The van der Waals surface area contributed by atoms with E-state index in [2.05, 4.69) is 5.32 Å². The number of aryl methyl sites for hydroxylation is 1. The number of nitrogens with one attached hydrogen (secondary N) is 1. The van der Waals surface area contributed by atoms with Gasteiger partial charge in [0, 0.05) is 19.8 Å². The molecule has 90 valence electrons. The van der Waals surface area contributed by atoms with Crippen molar-refractivity contribution >= 4 is 33.1 Å². The van der Waals surface area contributed by atoms with Gasteiger partial charge in [-0.3, -0.25) is 9.59 Å². The van der Waals surface area contributed by atoms with Crippen molar-refractivity contribution in [2.75, 3.05) is 19.0 Å². The fourth-order valence-corrected chi connectivity index (χ4v) is 2.46. The van der Waals surface area contributed by atoms with Crippen LogP contribution in [0.15, 0.2) is 23.0 Å². The summed E-state index contributed by atoms with van der Waals surface area (Å²) in [4.78, 5) is 22.8. The monoisotopic (exact) mass is 252 g/mol. The van der Waals surface area contributed by atoms with E-state index in [0.29, 0.717) is 5.69 Å². The first kappa shape index (κ1) is 11.8. The second-order valence-electron chi connectivity index (χ2n) is 3.59. The lowest BCUT2D eigenvalue weighted by atomic mass is 10.3. The van der Waals surface area contributed by atoms with Gasteiger partial charge in [0.1, 0.15) is 6.61 Å². The zero-order chi connectivity index (χ0) is 12.4. The number of methoxy groups -OCH3 is 1. The van der Waals surface area contributed by atoms with Gasteiger partial charge in [0.25, 0.3) is 0 Å². The molecule has 2 rings (SSSR count). The average molecular weight is 252 g/mol. The molecule has 0 fully saturated rings. The Hall–Kier alpha value is -1.66. The summed E-state index contributed by atoms with van der Waals surface area (Å²) in [7, 11) is 3.19. The summed E-state index contributed by atoms with van der Waals surface area (Å²) < 4.78 is 7.16. The topological polar surface area (TPSA) is 60.3 Å². The third kappa shape index (κ3) is 2.37. The third-order valence-corrected chi connectivity index (χ3v) is 3.35. The molecule has 0 unspecified atom stereocenters. The molecule has 0 saturated carbocycles. The molecule has 0 aliphatic heterocycles. The van der Waals surface area contributed by atoms with Crippen molar-refractivity contribution in [3.05, 3.63) is 27.9 Å². The number of fused-ring (bicyclic) bond motifs is 1. The molecule has 0 atom stereocenters. The maximum atomic E-state index is 11.4. The van der Waals surface area contributed by atoms with Gasteiger partial charge in [-0.25, -0.2) is 0 Å². The van der Waals surface area contributed by atoms with Crippen LogP contribution in [0.1, 0.15) is 0 Å². The van der Waals surface area contributed by atoms with Gasteiger partial charge >= 0.3 is 4.87 Å². The number of carbonyl (C=O) groups excluding carboxylic acids is 1. The normalized spacial score (nSPS) is 10.7. The molecule has 1 heterocycles.